The summed E-state index contributed by atoms with van der Waals surface area (Å²) in [6.07, 6.45) is 3.12. The predicted octanol–water partition coefficient (Wildman–Crippen LogP) is 2.27. The number of nitrogens with zero attached hydrogens (tertiary/aromatic N) is 1. The van der Waals surface area contributed by atoms with Crippen LogP contribution in [0.15, 0.2) is 65.7 Å². The molecule has 36 heavy (non-hydrogen) atoms. The van der Waals surface area contributed by atoms with Crippen molar-refractivity contribution < 1.29 is 45.2 Å². The lowest BCUT2D eigenvalue weighted by atomic mass is 9.95. The first-order chi connectivity index (χ1) is 17.2. The van der Waals surface area contributed by atoms with Gasteiger partial charge in [0.1, 0.15) is 5.75 Å². The van der Waals surface area contributed by atoms with Crippen LogP contribution < -0.4 is 45.2 Å². The topological polar surface area (TPSA) is 50.0 Å². The smallest absolute Gasteiger partial charge is 0.231 e. The fourth-order valence-electron chi connectivity index (χ4n) is 4.74. The minimum absolute atomic E-state index is 0. The lowest BCUT2D eigenvalue weighted by Gasteiger charge is -2.18. The van der Waals surface area contributed by atoms with Crippen molar-refractivity contribution in [1.29, 1.82) is 0 Å². The van der Waals surface area contributed by atoms with Crippen LogP contribution in [0.1, 0.15) is 5.56 Å². The number of hydrogen-bond donors (Lipinski definition) is 0. The molecule has 0 amide bonds. The third-order valence-corrected chi connectivity index (χ3v) is 7.47. The molecule has 2 aliphatic rings. The molecule has 6 rings (SSSR count). The van der Waals surface area contributed by atoms with E-state index in [0.29, 0.717) is 6.61 Å². The van der Waals surface area contributed by atoms with Crippen LogP contribution in [0.2, 0.25) is 0 Å². The molecule has 186 valence electrons. The highest BCUT2D eigenvalue weighted by molar-refractivity contribution is 7.99. The van der Waals surface area contributed by atoms with E-state index in [2.05, 4.69) is 41.1 Å². The van der Waals surface area contributed by atoms with Crippen LogP contribution in [0.5, 0.6) is 28.7 Å². The van der Waals surface area contributed by atoms with Crippen molar-refractivity contribution in [3.63, 3.8) is 0 Å². The summed E-state index contributed by atoms with van der Waals surface area (Å²) in [5.41, 5.74) is 3.64. The number of para-hydroxylation sites is 1. The van der Waals surface area contributed by atoms with Crippen molar-refractivity contribution in [2.24, 2.45) is 0 Å². The highest BCUT2D eigenvalue weighted by Crippen LogP contribution is 2.41. The van der Waals surface area contributed by atoms with E-state index in [1.807, 2.05) is 24.3 Å². The molecule has 3 heterocycles. The highest BCUT2D eigenvalue weighted by atomic mass is 79.9. The second-order valence-electron chi connectivity index (χ2n) is 8.41. The fourth-order valence-corrected chi connectivity index (χ4v) is 5.60. The monoisotopic (exact) mass is 567 g/mol. The van der Waals surface area contributed by atoms with Gasteiger partial charge in [-0.05, 0) is 47.3 Å². The summed E-state index contributed by atoms with van der Waals surface area (Å²) in [6, 6.07) is 18.6. The molecule has 2 aliphatic heterocycles. The van der Waals surface area contributed by atoms with E-state index >= 15 is 0 Å². The van der Waals surface area contributed by atoms with E-state index in [0.717, 1.165) is 63.1 Å². The zero-order chi connectivity index (χ0) is 23.8. The number of thioether (sulfide) groups is 1. The van der Waals surface area contributed by atoms with E-state index in [4.69, 9.17) is 23.7 Å². The summed E-state index contributed by atoms with van der Waals surface area (Å²) < 4.78 is 31.0. The Labute approximate surface area is 224 Å². The average molecular weight is 568 g/mol. The number of benzene rings is 3. The molecule has 0 aliphatic carbocycles. The zero-order valence-electron chi connectivity index (χ0n) is 20.1. The quantitative estimate of drug-likeness (QED) is 0.194. The Morgan fingerprint density at radius 1 is 0.944 bits per heavy atom. The van der Waals surface area contributed by atoms with Crippen LogP contribution in [-0.2, 0) is 13.0 Å². The molecule has 0 radical (unpaired) electrons. The first kappa shape index (κ1) is 24.6. The van der Waals surface area contributed by atoms with Gasteiger partial charge < -0.3 is 40.7 Å². The molecule has 0 spiro atoms. The molecule has 0 bridgehead atoms. The largest absolute Gasteiger partial charge is 1.00 e. The van der Waals surface area contributed by atoms with Crippen molar-refractivity contribution in [1.82, 2.24) is 0 Å². The molecule has 6 nitrogen and oxygen atoms in total. The zero-order valence-corrected chi connectivity index (χ0v) is 22.5. The molecule has 0 fully saturated rings. The van der Waals surface area contributed by atoms with Crippen LogP contribution in [0, 0.1) is 0 Å². The second kappa shape index (κ2) is 10.5. The van der Waals surface area contributed by atoms with Gasteiger partial charge in [0, 0.05) is 23.1 Å². The van der Waals surface area contributed by atoms with Crippen LogP contribution >= 0.6 is 11.8 Å². The number of aryl methyl sites for hydroxylation is 2. The van der Waals surface area contributed by atoms with E-state index in [-0.39, 0.29) is 23.8 Å². The van der Waals surface area contributed by atoms with Crippen molar-refractivity contribution >= 4 is 22.5 Å². The molecule has 8 heteroatoms. The molecule has 4 aromatic rings. The summed E-state index contributed by atoms with van der Waals surface area (Å²) >= 11 is 1.72. The van der Waals surface area contributed by atoms with E-state index in [1.165, 1.54) is 16.8 Å². The third-order valence-electron chi connectivity index (χ3n) is 6.45. The van der Waals surface area contributed by atoms with Crippen molar-refractivity contribution in [2.45, 2.75) is 17.9 Å². The molecule has 0 N–H and O–H groups in total. The lowest BCUT2D eigenvalue weighted by molar-refractivity contribution is -0.686. The van der Waals surface area contributed by atoms with Gasteiger partial charge in [0.25, 0.3) is 0 Å². The number of ether oxygens (including phenoxy) is 5. The van der Waals surface area contributed by atoms with Crippen molar-refractivity contribution in [3.05, 3.63) is 66.4 Å². The second-order valence-corrected chi connectivity index (χ2v) is 9.55. The van der Waals surface area contributed by atoms with Crippen molar-refractivity contribution in [2.75, 3.05) is 33.4 Å². The first-order valence-corrected chi connectivity index (χ1v) is 12.6. The van der Waals surface area contributed by atoms with Gasteiger partial charge in [-0.3, -0.25) is 0 Å². The summed E-state index contributed by atoms with van der Waals surface area (Å²) in [5.74, 6) is 4.83. The molecular weight excluding hydrogens is 542 g/mol. The van der Waals surface area contributed by atoms with Gasteiger partial charge in [0.2, 0.25) is 12.5 Å². The Hall–Kier alpha value is -3.10. The Morgan fingerprint density at radius 2 is 1.75 bits per heavy atom. The van der Waals surface area contributed by atoms with Gasteiger partial charge in [0.05, 0.1) is 31.8 Å². The van der Waals surface area contributed by atoms with Gasteiger partial charge in [-0.15, -0.1) is 11.8 Å². The lowest BCUT2D eigenvalue weighted by Crippen LogP contribution is -3.00. The normalized spacial score (nSPS) is 12.9. The molecule has 0 saturated heterocycles. The Morgan fingerprint density at radius 3 is 2.58 bits per heavy atom. The number of halogens is 1. The summed E-state index contributed by atoms with van der Waals surface area (Å²) in [5, 5.41) is 2.15. The Kier molecular flexibility index (Phi) is 7.16. The third kappa shape index (κ3) is 4.44. The predicted molar refractivity (Wildman–Crippen MR) is 135 cm³/mol. The molecule has 0 atom stereocenters. The maximum absolute atomic E-state index is 6.32. The van der Waals surface area contributed by atoms with Gasteiger partial charge in [-0.25, -0.2) is 0 Å². The van der Waals surface area contributed by atoms with E-state index in [9.17, 15) is 0 Å². The molecule has 1 aromatic heterocycles. The first-order valence-electron chi connectivity index (χ1n) is 11.6. The van der Waals surface area contributed by atoms with Gasteiger partial charge in [0.15, 0.2) is 35.7 Å². The number of rotatable bonds is 7. The van der Waals surface area contributed by atoms with Crippen LogP contribution in [0.3, 0.4) is 0 Å². The van der Waals surface area contributed by atoms with Crippen molar-refractivity contribution in [3.8, 4) is 40.0 Å². The molecule has 3 aromatic carbocycles. The molecular formula is C28H26BrNO5S. The Balaban J connectivity index is 0.00000267. The fraction of sp³-hybridized carbons (Fsp3) is 0.250. The number of pyridine rings is 1. The number of methoxy groups -OCH3 is 2. The molecule has 0 saturated carbocycles. The molecule has 0 unspecified atom stereocenters. The highest BCUT2D eigenvalue weighted by Gasteiger charge is 2.28. The van der Waals surface area contributed by atoms with Crippen LogP contribution in [0.25, 0.3) is 22.0 Å². The van der Waals surface area contributed by atoms with Crippen LogP contribution in [0.4, 0.5) is 0 Å². The van der Waals surface area contributed by atoms with E-state index in [1.54, 1.807) is 26.0 Å². The maximum Gasteiger partial charge on any atom is 0.231 e. The maximum atomic E-state index is 6.32. The minimum Gasteiger partial charge on any atom is -1.00 e. The SMILES string of the molecule is COc1ccccc1SCCOc1c(OC)ccc2cc3[n+](cc12)CCc1cc2c(cc1-3)OCO2.[Br-]. The number of aromatic nitrogens is 1. The van der Waals surface area contributed by atoms with Gasteiger partial charge >= 0.3 is 0 Å². The van der Waals surface area contributed by atoms with Gasteiger partial charge in [-0.1, -0.05) is 12.1 Å². The van der Waals surface area contributed by atoms with E-state index < -0.39 is 0 Å². The number of hydrogen-bond acceptors (Lipinski definition) is 6. The summed E-state index contributed by atoms with van der Waals surface area (Å²) in [7, 11) is 3.38. The standard InChI is InChI=1S/C28H26NO5S.BrH/c1-30-23-5-3-4-6-27(23)35-12-11-32-28-21-16-29-10-9-19-14-25-26(34-17-33-25)15-20(19)22(29)13-18(21)7-8-24(28)31-2;/h3-8,13-16H,9-12,17H2,1-2H3;1H/q+1;/p-1. The Bertz CT molecular complexity index is 1430. The summed E-state index contributed by atoms with van der Waals surface area (Å²) in [4.78, 5) is 1.10. The van der Waals surface area contributed by atoms with Gasteiger partial charge in [-0.2, -0.15) is 4.57 Å². The average Bonchev–Trinajstić information content (AvgIpc) is 3.36. The number of fused-ring (bicyclic) bond motifs is 5. The summed E-state index contributed by atoms with van der Waals surface area (Å²) in [6.45, 7) is 1.72. The minimum atomic E-state index is 0. The van der Waals surface area contributed by atoms with Crippen LogP contribution in [-0.4, -0.2) is 33.4 Å².